The zero-order valence-corrected chi connectivity index (χ0v) is 12.3. The van der Waals surface area contributed by atoms with Crippen molar-refractivity contribution in [2.45, 2.75) is 27.2 Å². The number of carbonyl (C=O) groups is 3. The van der Waals surface area contributed by atoms with Crippen molar-refractivity contribution in [2.24, 2.45) is 5.92 Å². The van der Waals surface area contributed by atoms with Gasteiger partial charge in [-0.15, -0.1) is 0 Å². The molecule has 5 nitrogen and oxygen atoms in total. The van der Waals surface area contributed by atoms with Crippen LogP contribution >= 0.6 is 0 Å². The number of rotatable bonds is 4. The van der Waals surface area contributed by atoms with Crippen molar-refractivity contribution in [1.29, 1.82) is 0 Å². The van der Waals surface area contributed by atoms with Gasteiger partial charge in [-0.25, -0.2) is 0 Å². The molecular weight excluding hydrogens is 258 g/mol. The molecule has 0 unspecified atom stereocenters. The smallest absolute Gasteiger partial charge is 0.313 e. The molecule has 2 N–H and O–H groups in total. The van der Waals surface area contributed by atoms with Crippen LogP contribution in [0.2, 0.25) is 0 Å². The first kappa shape index (κ1) is 17.8. The van der Waals surface area contributed by atoms with Crippen LogP contribution in [0.3, 0.4) is 0 Å². The molecule has 0 aromatic heterocycles. The van der Waals surface area contributed by atoms with Gasteiger partial charge >= 0.3 is 5.97 Å². The summed E-state index contributed by atoms with van der Waals surface area (Å²) >= 11 is 0. The summed E-state index contributed by atoms with van der Waals surface area (Å²) in [7, 11) is 1.27. The molecule has 0 aliphatic carbocycles. The fourth-order valence-corrected chi connectivity index (χ4v) is 1.14. The standard InChI is InChI=1S/C8H9NO.C7H12O3/c1-6(10)7-2-4-8(9)5-3-7;1-5(2)6(8)4-7(9)10-3/h2-5H,9H2,1H3;5H,4H2,1-3H3. The second-order valence-electron chi connectivity index (χ2n) is 4.55. The topological polar surface area (TPSA) is 86.5 Å². The van der Waals surface area contributed by atoms with Gasteiger partial charge in [-0.2, -0.15) is 0 Å². The van der Waals surface area contributed by atoms with E-state index in [1.165, 1.54) is 14.0 Å². The van der Waals surface area contributed by atoms with Crippen LogP contribution in [-0.4, -0.2) is 24.6 Å². The van der Waals surface area contributed by atoms with E-state index in [0.717, 1.165) is 0 Å². The van der Waals surface area contributed by atoms with Gasteiger partial charge < -0.3 is 10.5 Å². The van der Waals surface area contributed by atoms with Crippen molar-refractivity contribution < 1.29 is 19.1 Å². The molecule has 0 bridgehead atoms. The summed E-state index contributed by atoms with van der Waals surface area (Å²) in [5, 5.41) is 0. The third-order valence-electron chi connectivity index (χ3n) is 2.51. The van der Waals surface area contributed by atoms with E-state index in [1.807, 2.05) is 0 Å². The van der Waals surface area contributed by atoms with Crippen molar-refractivity contribution in [3.63, 3.8) is 0 Å². The van der Waals surface area contributed by atoms with Crippen LogP contribution in [0, 0.1) is 5.92 Å². The number of hydrogen-bond donors (Lipinski definition) is 1. The van der Waals surface area contributed by atoms with Crippen LogP contribution in [-0.2, 0) is 14.3 Å². The van der Waals surface area contributed by atoms with Gasteiger partial charge in [0, 0.05) is 17.2 Å². The van der Waals surface area contributed by atoms with Gasteiger partial charge in [0.25, 0.3) is 0 Å². The third kappa shape index (κ3) is 7.31. The van der Waals surface area contributed by atoms with E-state index in [9.17, 15) is 14.4 Å². The minimum atomic E-state index is -0.460. The third-order valence-corrected chi connectivity index (χ3v) is 2.51. The largest absolute Gasteiger partial charge is 0.469 e. The first-order valence-electron chi connectivity index (χ1n) is 6.24. The normalized spacial score (nSPS) is 9.45. The Bertz CT molecular complexity index is 463. The van der Waals surface area contributed by atoms with Gasteiger partial charge in [-0.1, -0.05) is 13.8 Å². The summed E-state index contributed by atoms with van der Waals surface area (Å²) in [6, 6.07) is 6.88. The fraction of sp³-hybridized carbons (Fsp3) is 0.400. The molecule has 0 atom stereocenters. The number of anilines is 1. The predicted octanol–water partition coefficient (Wildman–Crippen LogP) is 2.25. The molecule has 1 aromatic rings. The second-order valence-corrected chi connectivity index (χ2v) is 4.55. The molecule has 5 heteroatoms. The van der Waals surface area contributed by atoms with Gasteiger partial charge in [-0.3, -0.25) is 14.4 Å². The maximum atomic E-state index is 10.8. The van der Waals surface area contributed by atoms with Crippen molar-refractivity contribution in [3.05, 3.63) is 29.8 Å². The molecule has 0 aliphatic heterocycles. The molecule has 0 fully saturated rings. The molecular formula is C15H21NO4. The molecule has 0 radical (unpaired) electrons. The van der Waals surface area contributed by atoms with Gasteiger partial charge in [0.15, 0.2) is 5.78 Å². The SMILES string of the molecule is CC(=O)c1ccc(N)cc1.COC(=O)CC(=O)C(C)C. The molecule has 1 aromatic carbocycles. The van der Waals surface area contributed by atoms with Gasteiger partial charge in [-0.05, 0) is 31.2 Å². The number of esters is 1. The van der Waals surface area contributed by atoms with E-state index in [2.05, 4.69) is 4.74 Å². The number of benzene rings is 1. The lowest BCUT2D eigenvalue weighted by atomic mass is 10.1. The zero-order valence-electron chi connectivity index (χ0n) is 12.3. The lowest BCUT2D eigenvalue weighted by Crippen LogP contribution is -2.13. The number of methoxy groups -OCH3 is 1. The van der Waals surface area contributed by atoms with Crippen molar-refractivity contribution in [2.75, 3.05) is 12.8 Å². The average Bonchev–Trinajstić information content (AvgIpc) is 2.39. The molecule has 110 valence electrons. The molecule has 0 saturated heterocycles. The molecule has 20 heavy (non-hydrogen) atoms. The lowest BCUT2D eigenvalue weighted by Gasteiger charge is -2.00. The maximum Gasteiger partial charge on any atom is 0.313 e. The number of nitrogens with two attached hydrogens (primary N) is 1. The van der Waals surface area contributed by atoms with Crippen LogP contribution in [0.5, 0.6) is 0 Å². The summed E-state index contributed by atoms with van der Waals surface area (Å²) in [5.41, 5.74) is 6.80. The van der Waals surface area contributed by atoms with Crippen LogP contribution in [0.1, 0.15) is 37.6 Å². The van der Waals surface area contributed by atoms with Crippen molar-refractivity contribution in [3.8, 4) is 0 Å². The van der Waals surface area contributed by atoms with E-state index in [4.69, 9.17) is 5.73 Å². The Balaban J connectivity index is 0.000000361. The number of carbonyl (C=O) groups excluding carboxylic acids is 3. The number of Topliss-reactive ketones (excluding diaryl/α,β-unsaturated/α-hetero) is 2. The van der Waals surface area contributed by atoms with E-state index >= 15 is 0 Å². The Kier molecular flexibility index (Phi) is 7.89. The number of hydrogen-bond acceptors (Lipinski definition) is 5. The summed E-state index contributed by atoms with van der Waals surface area (Å²) in [6.07, 6.45) is -0.103. The maximum absolute atomic E-state index is 10.8. The molecule has 0 amide bonds. The molecule has 0 spiro atoms. The highest BCUT2D eigenvalue weighted by Crippen LogP contribution is 2.05. The predicted molar refractivity (Wildman–Crippen MR) is 77.3 cm³/mol. The Morgan fingerprint density at radius 1 is 1.15 bits per heavy atom. The van der Waals surface area contributed by atoms with Crippen molar-refractivity contribution >= 4 is 23.2 Å². The van der Waals surface area contributed by atoms with E-state index in [0.29, 0.717) is 11.3 Å². The lowest BCUT2D eigenvalue weighted by molar-refractivity contribution is -0.144. The first-order chi connectivity index (χ1) is 9.27. The van der Waals surface area contributed by atoms with E-state index in [1.54, 1.807) is 38.1 Å². The van der Waals surface area contributed by atoms with Gasteiger partial charge in [0.05, 0.1) is 7.11 Å². The van der Waals surface area contributed by atoms with Gasteiger partial charge in [0.1, 0.15) is 12.2 Å². The Hall–Kier alpha value is -2.17. The number of ether oxygens (including phenoxy) is 1. The Labute approximate surface area is 119 Å². The summed E-state index contributed by atoms with van der Waals surface area (Å²) in [6.45, 7) is 5.04. The monoisotopic (exact) mass is 279 g/mol. The highest BCUT2D eigenvalue weighted by Gasteiger charge is 2.12. The quantitative estimate of drug-likeness (QED) is 0.395. The number of ketones is 2. The molecule has 0 heterocycles. The van der Waals surface area contributed by atoms with Gasteiger partial charge in [0.2, 0.25) is 0 Å². The van der Waals surface area contributed by atoms with Crippen LogP contribution < -0.4 is 5.73 Å². The van der Waals surface area contributed by atoms with Crippen LogP contribution in [0.4, 0.5) is 5.69 Å². The minimum Gasteiger partial charge on any atom is -0.469 e. The zero-order chi connectivity index (χ0) is 15.7. The molecule has 0 aliphatic rings. The fourth-order valence-electron chi connectivity index (χ4n) is 1.14. The highest BCUT2D eigenvalue weighted by molar-refractivity contribution is 5.96. The van der Waals surface area contributed by atoms with Crippen LogP contribution in [0.15, 0.2) is 24.3 Å². The van der Waals surface area contributed by atoms with Crippen molar-refractivity contribution in [1.82, 2.24) is 0 Å². The van der Waals surface area contributed by atoms with E-state index < -0.39 is 5.97 Å². The summed E-state index contributed by atoms with van der Waals surface area (Å²) in [5.74, 6) is -0.551. The van der Waals surface area contributed by atoms with E-state index in [-0.39, 0.29) is 23.9 Å². The second kappa shape index (κ2) is 8.85. The highest BCUT2D eigenvalue weighted by atomic mass is 16.5. The summed E-state index contributed by atoms with van der Waals surface area (Å²) < 4.78 is 4.31. The molecule has 1 rings (SSSR count). The average molecular weight is 279 g/mol. The number of nitrogen functional groups attached to an aromatic ring is 1. The minimum absolute atomic E-state index is 0.0694. The van der Waals surface area contributed by atoms with Crippen LogP contribution in [0.25, 0.3) is 0 Å². The Morgan fingerprint density at radius 2 is 1.65 bits per heavy atom. The first-order valence-corrected chi connectivity index (χ1v) is 6.24. The molecule has 0 saturated carbocycles. The Morgan fingerprint density at radius 3 is 2.00 bits per heavy atom. The summed E-state index contributed by atoms with van der Waals surface area (Å²) in [4.78, 5) is 32.0.